The van der Waals surface area contributed by atoms with Gasteiger partial charge < -0.3 is 9.80 Å². The number of benzene rings is 1. The van der Waals surface area contributed by atoms with Crippen molar-refractivity contribution in [2.24, 2.45) is 0 Å². The number of amides is 1. The number of rotatable bonds is 4. The van der Waals surface area contributed by atoms with Crippen molar-refractivity contribution >= 4 is 29.1 Å². The Labute approximate surface area is 148 Å². The zero-order chi connectivity index (χ0) is 16.2. The zero-order valence-electron chi connectivity index (χ0n) is 13.4. The van der Waals surface area contributed by atoms with Gasteiger partial charge in [0.15, 0.2) is 0 Å². The number of likely N-dealkylation sites (tertiary alicyclic amines) is 2. The largest absolute Gasteiger partial charge is 0.338 e. The molecule has 0 radical (unpaired) electrons. The van der Waals surface area contributed by atoms with Crippen LogP contribution in [0.2, 0.25) is 10.0 Å². The maximum atomic E-state index is 12.8. The molecule has 3 nitrogen and oxygen atoms in total. The lowest BCUT2D eigenvalue weighted by Crippen LogP contribution is -2.49. The van der Waals surface area contributed by atoms with Gasteiger partial charge in [0.05, 0.1) is 16.5 Å². The van der Waals surface area contributed by atoms with E-state index < -0.39 is 0 Å². The average molecular weight is 354 g/mol. The van der Waals surface area contributed by atoms with E-state index >= 15 is 0 Å². The van der Waals surface area contributed by atoms with Gasteiger partial charge in [0.25, 0.3) is 0 Å². The van der Waals surface area contributed by atoms with E-state index in [-0.39, 0.29) is 5.91 Å². The van der Waals surface area contributed by atoms with Crippen LogP contribution in [0.5, 0.6) is 0 Å². The molecule has 1 unspecified atom stereocenters. The summed E-state index contributed by atoms with van der Waals surface area (Å²) in [6.45, 7) is 4.29. The molecule has 1 atom stereocenters. The maximum absolute atomic E-state index is 12.8. The highest BCUT2D eigenvalue weighted by Crippen LogP contribution is 2.24. The van der Waals surface area contributed by atoms with Crippen LogP contribution in [-0.2, 0) is 11.2 Å². The molecule has 1 aromatic rings. The lowest BCUT2D eigenvalue weighted by molar-refractivity contribution is -0.134. The lowest BCUT2D eigenvalue weighted by atomic mass is 9.83. The third-order valence-corrected chi connectivity index (χ3v) is 5.69. The lowest BCUT2D eigenvalue weighted by Gasteiger charge is -2.38. The molecule has 2 aliphatic heterocycles. The minimum absolute atomic E-state index is 0.215. The minimum atomic E-state index is 0.215. The van der Waals surface area contributed by atoms with E-state index in [1.165, 1.54) is 32.4 Å². The molecular weight excluding hydrogens is 330 g/mol. The van der Waals surface area contributed by atoms with Crippen molar-refractivity contribution in [2.45, 2.75) is 44.6 Å². The molecule has 2 fully saturated rings. The Kier molecular flexibility index (Phi) is 5.84. The molecule has 2 saturated heterocycles. The normalized spacial score (nSPS) is 22.5. The topological polar surface area (TPSA) is 23.6 Å². The Hall–Kier alpha value is -0.770. The fourth-order valence-electron chi connectivity index (χ4n) is 3.71. The van der Waals surface area contributed by atoms with E-state index in [4.69, 9.17) is 23.2 Å². The minimum Gasteiger partial charge on any atom is -0.338 e. The number of piperidine rings is 1. The summed E-state index contributed by atoms with van der Waals surface area (Å²) < 4.78 is 0. The molecule has 0 aliphatic carbocycles. The van der Waals surface area contributed by atoms with Crippen LogP contribution in [0.1, 0.15) is 37.7 Å². The molecule has 5 heteroatoms. The smallest absolute Gasteiger partial charge is 0.227 e. The quantitative estimate of drug-likeness (QED) is 0.816. The SMILES string of the molecule is O=[11C](Cc1ccc(Cl)c(Cl)c1)N1CCCCC1CN1CCCC1. The van der Waals surface area contributed by atoms with E-state index in [2.05, 4.69) is 9.80 Å². The molecule has 0 N–H and O–H groups in total. The Morgan fingerprint density at radius 3 is 2.52 bits per heavy atom. The summed E-state index contributed by atoms with van der Waals surface area (Å²) in [6, 6.07) is 5.84. The van der Waals surface area contributed by atoms with Gasteiger partial charge in [-0.1, -0.05) is 29.3 Å². The summed E-state index contributed by atoms with van der Waals surface area (Å²) in [7, 11) is 0. The standard InChI is InChI=1S/C18H24Cl2N2O/c19-16-7-6-14(11-17(16)20)12-18(23)22-10-2-1-5-15(22)13-21-8-3-4-9-21/h6-7,11,15H,1-5,8-10,12-13H2/i18-1. The second-order valence-electron chi connectivity index (χ2n) is 6.67. The van der Waals surface area contributed by atoms with Crippen molar-refractivity contribution in [2.75, 3.05) is 26.2 Å². The van der Waals surface area contributed by atoms with Gasteiger partial charge in [-0.15, -0.1) is 0 Å². The molecule has 0 aromatic heterocycles. The van der Waals surface area contributed by atoms with Crippen LogP contribution in [0.25, 0.3) is 0 Å². The molecule has 0 spiro atoms. The van der Waals surface area contributed by atoms with E-state index in [9.17, 15) is 4.79 Å². The van der Waals surface area contributed by atoms with Crippen molar-refractivity contribution < 1.29 is 4.79 Å². The third-order valence-electron chi connectivity index (χ3n) is 4.95. The second kappa shape index (κ2) is 7.87. The molecule has 126 valence electrons. The van der Waals surface area contributed by atoms with Crippen LogP contribution in [0.15, 0.2) is 18.2 Å². The van der Waals surface area contributed by atoms with Crippen LogP contribution >= 0.6 is 23.2 Å². The van der Waals surface area contributed by atoms with Crippen molar-refractivity contribution in [3.63, 3.8) is 0 Å². The number of carbonyl (C=O) groups is 1. The molecule has 3 rings (SSSR count). The number of hydrogen-bond donors (Lipinski definition) is 0. The number of carbonyl (C=O) groups excluding carboxylic acids is 1. The number of halogens is 2. The Morgan fingerprint density at radius 1 is 1.04 bits per heavy atom. The molecule has 0 bridgehead atoms. The molecular formula is C18H24Cl2N2O. The highest BCUT2D eigenvalue weighted by atomic mass is 35.5. The van der Waals surface area contributed by atoms with E-state index in [1.54, 1.807) is 12.1 Å². The summed E-state index contributed by atoms with van der Waals surface area (Å²) in [5.41, 5.74) is 0.940. The van der Waals surface area contributed by atoms with Gasteiger partial charge in [-0.2, -0.15) is 0 Å². The maximum Gasteiger partial charge on any atom is 0.227 e. The van der Waals surface area contributed by atoms with Gasteiger partial charge >= 0.3 is 0 Å². The van der Waals surface area contributed by atoms with Crippen LogP contribution in [0.4, 0.5) is 0 Å². The fraction of sp³-hybridized carbons (Fsp3) is 0.611. The molecule has 1 aromatic carbocycles. The van der Waals surface area contributed by atoms with Crippen molar-refractivity contribution in [3.8, 4) is 0 Å². The first kappa shape index (κ1) is 17.1. The second-order valence-corrected chi connectivity index (χ2v) is 7.48. The highest BCUT2D eigenvalue weighted by molar-refractivity contribution is 6.42. The molecule has 2 heterocycles. The van der Waals surface area contributed by atoms with Crippen LogP contribution < -0.4 is 0 Å². The first-order chi connectivity index (χ1) is 11.1. The Bertz CT molecular complexity index is 558. The van der Waals surface area contributed by atoms with Gasteiger partial charge in [-0.3, -0.25) is 4.79 Å². The summed E-state index contributed by atoms with van der Waals surface area (Å²) in [5.74, 6) is 0.215. The predicted octanol–water partition coefficient (Wildman–Crippen LogP) is 4.01. The third kappa shape index (κ3) is 4.40. The summed E-state index contributed by atoms with van der Waals surface area (Å²) in [5, 5.41) is 1.05. The van der Waals surface area contributed by atoms with Gasteiger partial charge in [-0.05, 0) is 62.9 Å². The van der Waals surface area contributed by atoms with Crippen LogP contribution in [-0.4, -0.2) is 47.9 Å². The van der Waals surface area contributed by atoms with E-state index in [0.717, 1.165) is 31.5 Å². The van der Waals surface area contributed by atoms with Crippen LogP contribution in [0, 0.1) is 0 Å². The first-order valence-electron chi connectivity index (χ1n) is 8.59. The molecule has 0 saturated carbocycles. The molecule has 1 amide bonds. The first-order valence-corrected chi connectivity index (χ1v) is 9.35. The van der Waals surface area contributed by atoms with Gasteiger partial charge in [0.2, 0.25) is 5.91 Å². The summed E-state index contributed by atoms with van der Waals surface area (Å²) in [4.78, 5) is 17.4. The predicted molar refractivity (Wildman–Crippen MR) is 95.2 cm³/mol. The highest BCUT2D eigenvalue weighted by Gasteiger charge is 2.28. The number of nitrogens with zero attached hydrogens (tertiary/aromatic N) is 2. The van der Waals surface area contributed by atoms with Crippen molar-refractivity contribution in [1.29, 1.82) is 0 Å². The van der Waals surface area contributed by atoms with E-state index in [1.807, 2.05) is 6.07 Å². The average Bonchev–Trinajstić information content (AvgIpc) is 3.04. The van der Waals surface area contributed by atoms with Crippen molar-refractivity contribution in [1.82, 2.24) is 9.80 Å². The van der Waals surface area contributed by atoms with Gasteiger partial charge in [-0.25, -0.2) is 0 Å². The Morgan fingerprint density at radius 2 is 1.78 bits per heavy atom. The summed E-state index contributed by atoms with van der Waals surface area (Å²) in [6.07, 6.45) is 6.48. The number of hydrogen-bond acceptors (Lipinski definition) is 2. The zero-order valence-corrected chi connectivity index (χ0v) is 15.0. The van der Waals surface area contributed by atoms with Crippen LogP contribution in [0.3, 0.4) is 0 Å². The van der Waals surface area contributed by atoms with Gasteiger partial charge in [0.1, 0.15) is 0 Å². The van der Waals surface area contributed by atoms with Gasteiger partial charge in [0, 0.05) is 19.1 Å². The summed E-state index contributed by atoms with van der Waals surface area (Å²) >= 11 is 12.0. The molecule has 23 heavy (non-hydrogen) atoms. The van der Waals surface area contributed by atoms with Crippen molar-refractivity contribution in [3.05, 3.63) is 33.8 Å². The van der Waals surface area contributed by atoms with E-state index in [0.29, 0.717) is 22.5 Å². The fourth-order valence-corrected chi connectivity index (χ4v) is 4.03. The molecule has 2 aliphatic rings. The Balaban J connectivity index is 1.64. The monoisotopic (exact) mass is 353 g/mol.